The summed E-state index contributed by atoms with van der Waals surface area (Å²) in [6.45, 7) is 3.39. The summed E-state index contributed by atoms with van der Waals surface area (Å²) in [6, 6.07) is 16.9. The zero-order chi connectivity index (χ0) is 18.1. The van der Waals surface area contributed by atoms with E-state index in [4.69, 9.17) is 0 Å². The van der Waals surface area contributed by atoms with E-state index < -0.39 is 0 Å². The molecule has 0 heterocycles. The number of unbranched alkanes of at least 4 members (excludes halogenated alkanes) is 1. The van der Waals surface area contributed by atoms with Gasteiger partial charge in [-0.2, -0.15) is 0 Å². The average Bonchev–Trinajstić information content (AvgIpc) is 2.66. The van der Waals surface area contributed by atoms with Crippen molar-refractivity contribution in [3.8, 4) is 0 Å². The van der Waals surface area contributed by atoms with E-state index in [1.54, 1.807) is 36.2 Å². The van der Waals surface area contributed by atoms with Crippen LogP contribution in [0.3, 0.4) is 0 Å². The monoisotopic (exact) mass is 338 g/mol. The van der Waals surface area contributed by atoms with Gasteiger partial charge in [0, 0.05) is 31.3 Å². The predicted octanol–water partition coefficient (Wildman–Crippen LogP) is 3.53. The van der Waals surface area contributed by atoms with Gasteiger partial charge in [-0.25, -0.2) is 0 Å². The molecule has 0 aliphatic carbocycles. The third kappa shape index (κ3) is 5.75. The number of hydrogen-bond donors (Lipinski definition) is 1. The van der Waals surface area contributed by atoms with Crippen LogP contribution in [0.2, 0.25) is 0 Å². The van der Waals surface area contributed by atoms with E-state index in [0.717, 1.165) is 25.8 Å². The van der Waals surface area contributed by atoms with E-state index in [1.165, 1.54) is 5.56 Å². The number of carbonyl (C=O) groups is 2. The molecule has 0 aromatic heterocycles. The van der Waals surface area contributed by atoms with Crippen molar-refractivity contribution < 1.29 is 9.59 Å². The molecule has 0 aliphatic rings. The molecule has 25 heavy (non-hydrogen) atoms. The van der Waals surface area contributed by atoms with Crippen molar-refractivity contribution >= 4 is 11.8 Å². The van der Waals surface area contributed by atoms with E-state index >= 15 is 0 Å². The van der Waals surface area contributed by atoms with Crippen LogP contribution in [0, 0.1) is 0 Å². The molecule has 4 nitrogen and oxygen atoms in total. The van der Waals surface area contributed by atoms with Crippen LogP contribution < -0.4 is 5.32 Å². The lowest BCUT2D eigenvalue weighted by Crippen LogP contribution is -2.29. The molecule has 0 saturated heterocycles. The van der Waals surface area contributed by atoms with Crippen molar-refractivity contribution in [2.24, 2.45) is 0 Å². The molecule has 0 aliphatic heterocycles. The van der Waals surface area contributed by atoms with Crippen LogP contribution in [0.15, 0.2) is 54.6 Å². The Bertz CT molecular complexity index is 698. The van der Waals surface area contributed by atoms with Crippen molar-refractivity contribution in [1.82, 2.24) is 10.2 Å². The van der Waals surface area contributed by atoms with Crippen LogP contribution in [-0.2, 0) is 6.42 Å². The van der Waals surface area contributed by atoms with Gasteiger partial charge in [0.25, 0.3) is 11.8 Å². The van der Waals surface area contributed by atoms with Gasteiger partial charge in [-0.3, -0.25) is 9.59 Å². The normalized spacial score (nSPS) is 10.3. The van der Waals surface area contributed by atoms with E-state index in [1.807, 2.05) is 30.3 Å². The van der Waals surface area contributed by atoms with Crippen molar-refractivity contribution in [2.75, 3.05) is 20.1 Å². The van der Waals surface area contributed by atoms with Crippen molar-refractivity contribution in [3.63, 3.8) is 0 Å². The Morgan fingerprint density at radius 1 is 1.00 bits per heavy atom. The van der Waals surface area contributed by atoms with E-state index in [9.17, 15) is 9.59 Å². The number of hydrogen-bond acceptors (Lipinski definition) is 2. The van der Waals surface area contributed by atoms with E-state index in [-0.39, 0.29) is 11.8 Å². The van der Waals surface area contributed by atoms with E-state index in [0.29, 0.717) is 17.7 Å². The highest BCUT2D eigenvalue weighted by atomic mass is 16.2. The summed E-state index contributed by atoms with van der Waals surface area (Å²) in [5.41, 5.74) is 2.25. The molecule has 0 saturated carbocycles. The van der Waals surface area contributed by atoms with Crippen LogP contribution >= 0.6 is 0 Å². The van der Waals surface area contributed by atoms with Gasteiger partial charge in [0.1, 0.15) is 0 Å². The molecule has 0 unspecified atom stereocenters. The van der Waals surface area contributed by atoms with Gasteiger partial charge in [0.05, 0.1) is 0 Å². The summed E-state index contributed by atoms with van der Waals surface area (Å²) in [7, 11) is 1.80. The Balaban J connectivity index is 1.93. The van der Waals surface area contributed by atoms with Gasteiger partial charge in [-0.15, -0.1) is 0 Å². The van der Waals surface area contributed by atoms with Crippen LogP contribution in [0.4, 0.5) is 0 Å². The lowest BCUT2D eigenvalue weighted by Gasteiger charge is -2.17. The second-order valence-electron chi connectivity index (χ2n) is 6.15. The molecule has 2 aromatic rings. The summed E-state index contributed by atoms with van der Waals surface area (Å²) in [4.78, 5) is 26.4. The van der Waals surface area contributed by atoms with Gasteiger partial charge in [-0.05, 0) is 36.6 Å². The van der Waals surface area contributed by atoms with Gasteiger partial charge < -0.3 is 10.2 Å². The lowest BCUT2D eigenvalue weighted by atomic mass is 10.1. The van der Waals surface area contributed by atoms with Crippen LogP contribution in [0.1, 0.15) is 46.0 Å². The SMILES string of the molecule is CCCCN(C)C(=O)c1cccc(C(=O)NCCc2ccccc2)c1. The highest BCUT2D eigenvalue weighted by Crippen LogP contribution is 2.09. The first-order valence-corrected chi connectivity index (χ1v) is 8.79. The fourth-order valence-corrected chi connectivity index (χ4v) is 2.58. The third-order valence-corrected chi connectivity index (χ3v) is 4.11. The Kier molecular flexibility index (Phi) is 7.20. The van der Waals surface area contributed by atoms with Crippen LogP contribution in [-0.4, -0.2) is 36.9 Å². The summed E-state index contributed by atoms with van der Waals surface area (Å²) in [5.74, 6) is -0.200. The first-order valence-electron chi connectivity index (χ1n) is 8.79. The topological polar surface area (TPSA) is 49.4 Å². The zero-order valence-electron chi connectivity index (χ0n) is 15.0. The number of rotatable bonds is 8. The standard InChI is InChI=1S/C21H26N2O2/c1-3-4-15-23(2)21(25)19-12-8-11-18(16-19)20(24)22-14-13-17-9-6-5-7-10-17/h5-12,16H,3-4,13-15H2,1-2H3,(H,22,24). The number of nitrogens with zero attached hydrogens (tertiary/aromatic N) is 1. The van der Waals surface area contributed by atoms with Gasteiger partial charge in [0.15, 0.2) is 0 Å². The smallest absolute Gasteiger partial charge is 0.253 e. The Morgan fingerprint density at radius 3 is 2.44 bits per heavy atom. The Labute approximate surface area is 149 Å². The number of benzene rings is 2. The van der Waals surface area contributed by atoms with Crippen molar-refractivity contribution in [1.29, 1.82) is 0 Å². The Hall–Kier alpha value is -2.62. The molecule has 0 atom stereocenters. The molecule has 132 valence electrons. The minimum absolute atomic E-state index is 0.0487. The van der Waals surface area contributed by atoms with Crippen LogP contribution in [0.5, 0.6) is 0 Å². The maximum Gasteiger partial charge on any atom is 0.253 e. The minimum atomic E-state index is -0.151. The fraction of sp³-hybridized carbons (Fsp3) is 0.333. The molecular formula is C21H26N2O2. The van der Waals surface area contributed by atoms with Crippen molar-refractivity contribution in [3.05, 3.63) is 71.3 Å². The highest BCUT2D eigenvalue weighted by molar-refractivity contribution is 5.99. The number of carbonyl (C=O) groups excluding carboxylic acids is 2. The molecule has 2 aromatic carbocycles. The predicted molar refractivity (Wildman–Crippen MR) is 101 cm³/mol. The number of amides is 2. The molecule has 2 amide bonds. The van der Waals surface area contributed by atoms with E-state index in [2.05, 4.69) is 12.2 Å². The second-order valence-corrected chi connectivity index (χ2v) is 6.15. The van der Waals surface area contributed by atoms with Gasteiger partial charge in [0.2, 0.25) is 0 Å². The molecule has 1 N–H and O–H groups in total. The second kappa shape index (κ2) is 9.62. The third-order valence-electron chi connectivity index (χ3n) is 4.11. The molecule has 0 radical (unpaired) electrons. The van der Waals surface area contributed by atoms with Crippen LogP contribution in [0.25, 0.3) is 0 Å². The molecular weight excluding hydrogens is 312 g/mol. The summed E-state index contributed by atoms with van der Waals surface area (Å²) >= 11 is 0. The minimum Gasteiger partial charge on any atom is -0.352 e. The maximum absolute atomic E-state index is 12.4. The summed E-state index contributed by atoms with van der Waals surface area (Å²) < 4.78 is 0. The molecule has 0 bridgehead atoms. The molecule has 2 rings (SSSR count). The number of nitrogens with one attached hydrogen (secondary N) is 1. The average molecular weight is 338 g/mol. The summed E-state index contributed by atoms with van der Waals surface area (Å²) in [6.07, 6.45) is 2.80. The first-order chi connectivity index (χ1) is 12.1. The largest absolute Gasteiger partial charge is 0.352 e. The lowest BCUT2D eigenvalue weighted by molar-refractivity contribution is 0.0793. The molecule has 0 fully saturated rings. The maximum atomic E-state index is 12.4. The first kappa shape index (κ1) is 18.7. The molecule has 0 spiro atoms. The highest BCUT2D eigenvalue weighted by Gasteiger charge is 2.13. The van der Waals surface area contributed by atoms with Crippen molar-refractivity contribution in [2.45, 2.75) is 26.2 Å². The zero-order valence-corrected chi connectivity index (χ0v) is 15.0. The fourth-order valence-electron chi connectivity index (χ4n) is 2.58. The Morgan fingerprint density at radius 2 is 1.72 bits per heavy atom. The molecule has 4 heteroatoms. The van der Waals surface area contributed by atoms with Gasteiger partial charge >= 0.3 is 0 Å². The van der Waals surface area contributed by atoms with Gasteiger partial charge in [-0.1, -0.05) is 49.7 Å². The summed E-state index contributed by atoms with van der Waals surface area (Å²) in [5, 5.41) is 2.91. The quantitative estimate of drug-likeness (QED) is 0.800.